The first-order valence-corrected chi connectivity index (χ1v) is 6.89. The van der Waals surface area contributed by atoms with Gasteiger partial charge in [-0.1, -0.05) is 22.8 Å². The van der Waals surface area contributed by atoms with Crippen molar-refractivity contribution < 1.29 is 9.94 Å². The Balaban J connectivity index is 2.08. The third kappa shape index (κ3) is 3.62. The molecule has 1 heterocycles. The van der Waals surface area contributed by atoms with Gasteiger partial charge in [0.25, 0.3) is 0 Å². The average Bonchev–Trinajstić information content (AvgIpc) is 2.91. The molecule has 0 fully saturated rings. The first-order valence-electron chi connectivity index (χ1n) is 5.63. The van der Waals surface area contributed by atoms with E-state index in [1.54, 1.807) is 29.5 Å². The zero-order valence-corrected chi connectivity index (χ0v) is 11.6. The summed E-state index contributed by atoms with van der Waals surface area (Å²) in [6.45, 7) is 0.507. The van der Waals surface area contributed by atoms with Crippen LogP contribution in [0.4, 0.5) is 0 Å². The zero-order valence-electron chi connectivity index (χ0n) is 10.0. The van der Waals surface area contributed by atoms with Crippen LogP contribution >= 0.6 is 22.9 Å². The highest BCUT2D eigenvalue weighted by atomic mass is 35.5. The molecule has 0 saturated heterocycles. The van der Waals surface area contributed by atoms with Gasteiger partial charge in [0.05, 0.1) is 12.2 Å². The van der Waals surface area contributed by atoms with E-state index in [2.05, 4.69) is 11.2 Å². The van der Waals surface area contributed by atoms with Crippen molar-refractivity contribution in [2.24, 2.45) is 10.9 Å². The highest BCUT2D eigenvalue weighted by molar-refractivity contribution is 7.09. The first-order chi connectivity index (χ1) is 9.20. The Kier molecular flexibility index (Phi) is 4.65. The van der Waals surface area contributed by atoms with Gasteiger partial charge in [-0.25, -0.2) is 0 Å². The third-order valence-electron chi connectivity index (χ3n) is 2.51. The van der Waals surface area contributed by atoms with Crippen LogP contribution in [0.25, 0.3) is 0 Å². The lowest BCUT2D eigenvalue weighted by Gasteiger charge is -2.10. The second kappa shape index (κ2) is 6.45. The predicted octanol–water partition coefficient (Wildman–Crippen LogP) is 3.12. The molecule has 0 radical (unpaired) electrons. The number of nitrogens with two attached hydrogens (primary N) is 1. The van der Waals surface area contributed by atoms with Crippen molar-refractivity contribution in [2.75, 3.05) is 6.61 Å². The van der Waals surface area contributed by atoms with Gasteiger partial charge in [-0.2, -0.15) is 0 Å². The molecule has 4 nitrogen and oxygen atoms in total. The lowest BCUT2D eigenvalue weighted by Crippen LogP contribution is -2.15. The van der Waals surface area contributed by atoms with Gasteiger partial charge in [-0.3, -0.25) is 0 Å². The van der Waals surface area contributed by atoms with E-state index in [9.17, 15) is 0 Å². The molecule has 0 bridgehead atoms. The van der Waals surface area contributed by atoms with E-state index in [1.807, 2.05) is 11.4 Å². The minimum atomic E-state index is 0.00258. The highest BCUT2D eigenvalue weighted by Crippen LogP contribution is 2.23. The molecule has 0 spiro atoms. The number of rotatable bonds is 5. The summed E-state index contributed by atoms with van der Waals surface area (Å²) in [6, 6.07) is 9.04. The Bertz CT molecular complexity index is 570. The summed E-state index contributed by atoms with van der Waals surface area (Å²) in [5.41, 5.74) is 6.12. The van der Waals surface area contributed by atoms with Crippen LogP contribution in [0, 0.1) is 0 Å². The van der Waals surface area contributed by atoms with Crippen molar-refractivity contribution in [3.8, 4) is 5.75 Å². The smallest absolute Gasteiger partial charge is 0.173 e. The normalized spacial score (nSPS) is 11.5. The molecule has 0 amide bonds. The maximum absolute atomic E-state index is 8.73. The van der Waals surface area contributed by atoms with Crippen LogP contribution in [0.2, 0.25) is 5.02 Å². The van der Waals surface area contributed by atoms with Gasteiger partial charge in [-0.15, -0.1) is 11.3 Å². The van der Waals surface area contributed by atoms with Gasteiger partial charge in [-0.05, 0) is 29.6 Å². The number of thiophene rings is 1. The summed E-state index contributed by atoms with van der Waals surface area (Å²) in [5.74, 6) is 0.516. The summed E-state index contributed by atoms with van der Waals surface area (Å²) in [7, 11) is 0. The molecule has 2 rings (SSSR count). The van der Waals surface area contributed by atoms with Crippen LogP contribution in [0.1, 0.15) is 10.4 Å². The van der Waals surface area contributed by atoms with Gasteiger partial charge in [0.1, 0.15) is 5.75 Å². The Hall–Kier alpha value is -1.72. The highest BCUT2D eigenvalue weighted by Gasteiger charge is 2.09. The van der Waals surface area contributed by atoms with Crippen LogP contribution in [0.5, 0.6) is 5.75 Å². The molecule has 0 unspecified atom stereocenters. The SMILES string of the molecule is NC(=NO)c1ccc(Cl)cc1OCCc1cccs1. The summed E-state index contributed by atoms with van der Waals surface area (Å²) < 4.78 is 5.66. The van der Waals surface area contributed by atoms with E-state index < -0.39 is 0 Å². The number of halogens is 1. The Morgan fingerprint density at radius 3 is 2.95 bits per heavy atom. The Morgan fingerprint density at radius 1 is 1.42 bits per heavy atom. The molecule has 0 aliphatic carbocycles. The van der Waals surface area contributed by atoms with E-state index >= 15 is 0 Å². The number of hydrogen-bond donors (Lipinski definition) is 2. The molecular formula is C13H13ClN2O2S. The average molecular weight is 297 g/mol. The van der Waals surface area contributed by atoms with Crippen molar-refractivity contribution in [3.63, 3.8) is 0 Å². The number of nitrogens with zero attached hydrogens (tertiary/aromatic N) is 1. The molecule has 0 aliphatic heterocycles. The minimum absolute atomic E-state index is 0.00258. The van der Waals surface area contributed by atoms with Gasteiger partial charge >= 0.3 is 0 Å². The molecule has 6 heteroatoms. The van der Waals surface area contributed by atoms with E-state index in [4.69, 9.17) is 27.3 Å². The molecular weight excluding hydrogens is 284 g/mol. The molecule has 2 aromatic rings. The fourth-order valence-corrected chi connectivity index (χ4v) is 2.45. The maximum Gasteiger partial charge on any atom is 0.173 e. The standard InChI is InChI=1S/C13H13ClN2O2S/c14-9-3-4-11(13(15)16-17)12(8-9)18-6-5-10-2-1-7-19-10/h1-4,7-8,17H,5-6H2,(H2,15,16). The number of benzene rings is 1. The topological polar surface area (TPSA) is 67.8 Å². The van der Waals surface area contributed by atoms with Crippen molar-refractivity contribution >= 4 is 28.8 Å². The van der Waals surface area contributed by atoms with Crippen molar-refractivity contribution in [1.82, 2.24) is 0 Å². The van der Waals surface area contributed by atoms with Crippen molar-refractivity contribution in [1.29, 1.82) is 0 Å². The van der Waals surface area contributed by atoms with Gasteiger partial charge < -0.3 is 15.7 Å². The van der Waals surface area contributed by atoms with Crippen molar-refractivity contribution in [3.05, 3.63) is 51.2 Å². The fraction of sp³-hybridized carbons (Fsp3) is 0.154. The second-order valence-corrected chi connectivity index (χ2v) is 5.27. The molecule has 100 valence electrons. The fourth-order valence-electron chi connectivity index (χ4n) is 1.60. The summed E-state index contributed by atoms with van der Waals surface area (Å²) >= 11 is 7.60. The van der Waals surface area contributed by atoms with Crippen LogP contribution in [-0.4, -0.2) is 17.6 Å². The number of oxime groups is 1. The number of ether oxygens (including phenoxy) is 1. The molecule has 1 aromatic heterocycles. The van der Waals surface area contributed by atoms with E-state index in [0.29, 0.717) is 22.9 Å². The quantitative estimate of drug-likeness (QED) is 0.385. The largest absolute Gasteiger partial charge is 0.492 e. The number of amidine groups is 1. The van der Waals surface area contributed by atoms with Crippen LogP contribution in [0.3, 0.4) is 0 Å². The molecule has 3 N–H and O–H groups in total. The van der Waals surface area contributed by atoms with E-state index in [-0.39, 0.29) is 5.84 Å². The van der Waals surface area contributed by atoms with Crippen molar-refractivity contribution in [2.45, 2.75) is 6.42 Å². The lowest BCUT2D eigenvalue weighted by molar-refractivity contribution is 0.314. The molecule has 0 saturated carbocycles. The molecule has 19 heavy (non-hydrogen) atoms. The Morgan fingerprint density at radius 2 is 2.26 bits per heavy atom. The van der Waals surface area contributed by atoms with E-state index in [1.165, 1.54) is 4.88 Å². The molecule has 0 atom stereocenters. The van der Waals surface area contributed by atoms with Gasteiger partial charge in [0.2, 0.25) is 0 Å². The molecule has 1 aromatic carbocycles. The number of hydrogen-bond acceptors (Lipinski definition) is 4. The predicted molar refractivity (Wildman–Crippen MR) is 77.5 cm³/mol. The maximum atomic E-state index is 8.73. The monoisotopic (exact) mass is 296 g/mol. The van der Waals surface area contributed by atoms with Gasteiger partial charge in [0.15, 0.2) is 5.84 Å². The Labute approximate surface area is 120 Å². The third-order valence-corrected chi connectivity index (χ3v) is 3.68. The van der Waals surface area contributed by atoms with E-state index in [0.717, 1.165) is 6.42 Å². The first kappa shape index (κ1) is 13.7. The van der Waals surface area contributed by atoms with Crippen LogP contribution < -0.4 is 10.5 Å². The zero-order chi connectivity index (χ0) is 13.7. The molecule has 0 aliphatic rings. The second-order valence-electron chi connectivity index (χ2n) is 3.80. The summed E-state index contributed by atoms with van der Waals surface area (Å²) in [5, 5.41) is 14.3. The summed E-state index contributed by atoms with van der Waals surface area (Å²) in [6.07, 6.45) is 0.805. The minimum Gasteiger partial charge on any atom is -0.492 e. The van der Waals surface area contributed by atoms with Crippen LogP contribution in [0.15, 0.2) is 40.9 Å². The lowest BCUT2D eigenvalue weighted by atomic mass is 10.2. The van der Waals surface area contributed by atoms with Gasteiger partial charge in [0, 0.05) is 16.3 Å². The summed E-state index contributed by atoms with van der Waals surface area (Å²) in [4.78, 5) is 1.24. The van der Waals surface area contributed by atoms with Crippen LogP contribution in [-0.2, 0) is 6.42 Å².